The van der Waals surface area contributed by atoms with Crippen molar-refractivity contribution in [2.45, 2.75) is 26.2 Å². The van der Waals surface area contributed by atoms with E-state index in [4.69, 9.17) is 33.7 Å². The molecule has 2 rings (SSSR count). The van der Waals surface area contributed by atoms with E-state index in [9.17, 15) is 0 Å². The van der Waals surface area contributed by atoms with Gasteiger partial charge in [-0.15, -0.1) is 0 Å². The van der Waals surface area contributed by atoms with Gasteiger partial charge >= 0.3 is 0 Å². The lowest BCUT2D eigenvalue weighted by molar-refractivity contribution is 0.415. The summed E-state index contributed by atoms with van der Waals surface area (Å²) < 4.78 is 5.19. The van der Waals surface area contributed by atoms with Crippen LogP contribution in [0.4, 0.5) is 0 Å². The number of benzene rings is 2. The highest BCUT2D eigenvalue weighted by atomic mass is 35.5. The maximum atomic E-state index is 6.21. The normalized spacial score (nSPS) is 12.3. The van der Waals surface area contributed by atoms with Crippen LogP contribution in [0.5, 0.6) is 5.75 Å². The van der Waals surface area contributed by atoms with E-state index in [2.05, 4.69) is 32.0 Å². The van der Waals surface area contributed by atoms with Crippen LogP contribution in [0, 0.1) is 13.8 Å². The van der Waals surface area contributed by atoms with Crippen LogP contribution in [0.15, 0.2) is 30.3 Å². The molecular formula is C18H21Cl2NO. The van der Waals surface area contributed by atoms with Gasteiger partial charge in [-0.05, 0) is 61.2 Å². The van der Waals surface area contributed by atoms with Crippen LogP contribution in [-0.2, 0) is 6.42 Å². The fraction of sp³-hybridized carbons (Fsp3) is 0.333. The molecule has 0 aliphatic carbocycles. The Morgan fingerprint density at radius 1 is 1.05 bits per heavy atom. The Kier molecular flexibility index (Phi) is 5.74. The molecule has 2 aromatic carbocycles. The second-order valence-corrected chi connectivity index (χ2v) is 6.39. The minimum absolute atomic E-state index is 0.236. The Balaban J connectivity index is 2.28. The quantitative estimate of drug-likeness (QED) is 0.841. The molecule has 2 nitrogen and oxygen atoms in total. The van der Waals surface area contributed by atoms with Gasteiger partial charge < -0.3 is 10.5 Å². The smallest absolute Gasteiger partial charge is 0.156 e. The predicted octanol–water partition coefficient (Wildman–Crippen LogP) is 4.90. The maximum absolute atomic E-state index is 6.21. The van der Waals surface area contributed by atoms with E-state index in [1.165, 1.54) is 16.7 Å². The Bertz CT molecular complexity index is 647. The molecule has 2 aromatic rings. The van der Waals surface area contributed by atoms with Gasteiger partial charge in [0.05, 0.1) is 17.2 Å². The van der Waals surface area contributed by atoms with Gasteiger partial charge in [0.1, 0.15) is 0 Å². The van der Waals surface area contributed by atoms with E-state index < -0.39 is 0 Å². The van der Waals surface area contributed by atoms with Crippen LogP contribution in [0.3, 0.4) is 0 Å². The lowest BCUT2D eigenvalue weighted by atomic mass is 9.90. The standard InChI is InChI=1S/C18H21Cl2NO/c1-11-4-5-14(6-12(11)2)15(10-21)7-13-8-16(19)18(22-3)17(20)9-13/h4-6,8-9,15H,7,10,21H2,1-3H3. The molecule has 0 radical (unpaired) electrons. The van der Waals surface area contributed by atoms with Crippen molar-refractivity contribution in [3.8, 4) is 5.75 Å². The van der Waals surface area contributed by atoms with Crippen molar-refractivity contribution < 1.29 is 4.74 Å². The van der Waals surface area contributed by atoms with Crippen molar-refractivity contribution in [2.75, 3.05) is 13.7 Å². The molecule has 0 aromatic heterocycles. The van der Waals surface area contributed by atoms with Crippen LogP contribution in [-0.4, -0.2) is 13.7 Å². The minimum atomic E-state index is 0.236. The number of ether oxygens (including phenoxy) is 1. The average molecular weight is 338 g/mol. The molecule has 0 heterocycles. The molecule has 1 unspecified atom stereocenters. The van der Waals surface area contributed by atoms with Crippen LogP contribution >= 0.6 is 23.2 Å². The van der Waals surface area contributed by atoms with Crippen LogP contribution < -0.4 is 10.5 Å². The van der Waals surface area contributed by atoms with Gasteiger partial charge in [-0.3, -0.25) is 0 Å². The number of aryl methyl sites for hydroxylation is 2. The summed E-state index contributed by atoms with van der Waals surface area (Å²) in [5.41, 5.74) is 10.9. The molecule has 0 saturated carbocycles. The summed E-state index contributed by atoms with van der Waals surface area (Å²) in [7, 11) is 1.56. The first-order valence-corrected chi connectivity index (χ1v) is 8.01. The van der Waals surface area contributed by atoms with Crippen molar-refractivity contribution in [1.29, 1.82) is 0 Å². The minimum Gasteiger partial charge on any atom is -0.494 e. The number of nitrogens with two attached hydrogens (primary N) is 1. The van der Waals surface area contributed by atoms with Gasteiger partial charge in [0.2, 0.25) is 0 Å². The second kappa shape index (κ2) is 7.36. The zero-order chi connectivity index (χ0) is 16.3. The first-order valence-electron chi connectivity index (χ1n) is 7.25. The van der Waals surface area contributed by atoms with Gasteiger partial charge in [-0.2, -0.15) is 0 Å². The topological polar surface area (TPSA) is 35.2 Å². The third-order valence-corrected chi connectivity index (χ3v) is 4.59. The number of rotatable bonds is 5. The fourth-order valence-corrected chi connectivity index (χ4v) is 3.25. The first kappa shape index (κ1) is 17.1. The van der Waals surface area contributed by atoms with Crippen molar-refractivity contribution >= 4 is 23.2 Å². The zero-order valence-corrected chi connectivity index (χ0v) is 14.6. The number of hydrogen-bond acceptors (Lipinski definition) is 2. The first-order chi connectivity index (χ1) is 10.5. The van der Waals surface area contributed by atoms with E-state index in [-0.39, 0.29) is 5.92 Å². The number of halogens is 2. The predicted molar refractivity (Wildman–Crippen MR) is 94.4 cm³/mol. The van der Waals surface area contributed by atoms with E-state index in [1.807, 2.05) is 12.1 Å². The summed E-state index contributed by atoms with van der Waals surface area (Å²) in [6.45, 7) is 4.80. The molecule has 0 amide bonds. The third kappa shape index (κ3) is 3.75. The number of hydrogen-bond donors (Lipinski definition) is 1. The lowest BCUT2D eigenvalue weighted by Crippen LogP contribution is -2.15. The monoisotopic (exact) mass is 337 g/mol. The third-order valence-electron chi connectivity index (χ3n) is 4.03. The Hall–Kier alpha value is -1.22. The van der Waals surface area contributed by atoms with Gasteiger partial charge in [0, 0.05) is 5.92 Å². The largest absolute Gasteiger partial charge is 0.494 e. The average Bonchev–Trinajstić information content (AvgIpc) is 2.47. The molecule has 2 N–H and O–H groups in total. The van der Waals surface area contributed by atoms with Crippen molar-refractivity contribution in [1.82, 2.24) is 0 Å². The van der Waals surface area contributed by atoms with Gasteiger partial charge in [-0.1, -0.05) is 41.4 Å². The van der Waals surface area contributed by atoms with Crippen LogP contribution in [0.1, 0.15) is 28.2 Å². The Morgan fingerprint density at radius 2 is 1.68 bits per heavy atom. The molecule has 118 valence electrons. The summed E-state index contributed by atoms with van der Waals surface area (Å²) in [6, 6.07) is 10.3. The highest BCUT2D eigenvalue weighted by molar-refractivity contribution is 6.37. The fourth-order valence-electron chi connectivity index (χ4n) is 2.57. The molecule has 0 bridgehead atoms. The van der Waals surface area contributed by atoms with E-state index in [0.717, 1.165) is 12.0 Å². The molecule has 0 spiro atoms. The molecule has 4 heteroatoms. The summed E-state index contributed by atoms with van der Waals surface area (Å²) in [5, 5.41) is 1.06. The Labute approximate surface area is 142 Å². The van der Waals surface area contributed by atoms with Crippen molar-refractivity contribution in [3.63, 3.8) is 0 Å². The molecule has 1 atom stereocenters. The second-order valence-electron chi connectivity index (χ2n) is 5.57. The van der Waals surface area contributed by atoms with Gasteiger partial charge in [-0.25, -0.2) is 0 Å². The van der Waals surface area contributed by atoms with Crippen molar-refractivity contribution in [3.05, 3.63) is 62.6 Å². The zero-order valence-electron chi connectivity index (χ0n) is 13.1. The van der Waals surface area contributed by atoms with E-state index in [0.29, 0.717) is 22.3 Å². The molecule has 22 heavy (non-hydrogen) atoms. The molecule has 0 aliphatic heterocycles. The summed E-state index contributed by atoms with van der Waals surface area (Å²) in [6.07, 6.45) is 0.794. The maximum Gasteiger partial charge on any atom is 0.156 e. The highest BCUT2D eigenvalue weighted by Gasteiger charge is 2.15. The molecule has 0 fully saturated rings. The van der Waals surface area contributed by atoms with Crippen LogP contribution in [0.25, 0.3) is 0 Å². The number of methoxy groups -OCH3 is 1. The van der Waals surface area contributed by atoms with E-state index in [1.54, 1.807) is 7.11 Å². The van der Waals surface area contributed by atoms with Gasteiger partial charge in [0.25, 0.3) is 0 Å². The Morgan fingerprint density at radius 3 is 2.18 bits per heavy atom. The van der Waals surface area contributed by atoms with Crippen LogP contribution in [0.2, 0.25) is 10.0 Å². The summed E-state index contributed by atoms with van der Waals surface area (Å²) in [5.74, 6) is 0.752. The molecule has 0 aliphatic rings. The molecule has 0 saturated heterocycles. The summed E-state index contributed by atoms with van der Waals surface area (Å²) >= 11 is 12.4. The van der Waals surface area contributed by atoms with E-state index >= 15 is 0 Å². The summed E-state index contributed by atoms with van der Waals surface area (Å²) in [4.78, 5) is 0. The molecular weight excluding hydrogens is 317 g/mol. The highest BCUT2D eigenvalue weighted by Crippen LogP contribution is 2.35. The lowest BCUT2D eigenvalue weighted by Gasteiger charge is -2.18. The van der Waals surface area contributed by atoms with Crippen molar-refractivity contribution in [2.24, 2.45) is 5.73 Å². The van der Waals surface area contributed by atoms with Gasteiger partial charge in [0.15, 0.2) is 5.75 Å². The SMILES string of the molecule is COc1c(Cl)cc(CC(CN)c2ccc(C)c(C)c2)cc1Cl.